The van der Waals surface area contributed by atoms with Crippen LogP contribution >= 0.6 is 12.6 Å². The lowest BCUT2D eigenvalue weighted by Crippen LogP contribution is -2.54. The molecule has 0 amide bonds. The number of hydrogen-bond acceptors (Lipinski definition) is 2. The van der Waals surface area contributed by atoms with Gasteiger partial charge in [0.05, 0.1) is 6.10 Å². The minimum atomic E-state index is -0.0126. The van der Waals surface area contributed by atoms with Crippen LogP contribution in [0.2, 0.25) is 0 Å². The zero-order valence-corrected chi connectivity index (χ0v) is 17.6. The third-order valence-corrected chi connectivity index (χ3v) is 10.2. The molecule has 0 unspecified atom stereocenters. The van der Waals surface area contributed by atoms with Crippen molar-refractivity contribution in [1.82, 2.24) is 0 Å². The Morgan fingerprint density at radius 3 is 2.44 bits per heavy atom. The van der Waals surface area contributed by atoms with Crippen molar-refractivity contribution in [3.05, 3.63) is 0 Å². The van der Waals surface area contributed by atoms with Crippen LogP contribution < -0.4 is 0 Å². The van der Waals surface area contributed by atoms with Crippen LogP contribution in [0.25, 0.3) is 0 Å². The van der Waals surface area contributed by atoms with Crippen molar-refractivity contribution in [2.24, 2.45) is 46.3 Å². The van der Waals surface area contributed by atoms with Crippen molar-refractivity contribution in [3.8, 4) is 0 Å². The second-order valence-electron chi connectivity index (χ2n) is 10.8. The second-order valence-corrected chi connectivity index (χ2v) is 11.3. The molecular weight excluding hydrogens is 324 g/mol. The molecule has 4 fully saturated rings. The van der Waals surface area contributed by atoms with Crippen LogP contribution in [-0.4, -0.2) is 17.0 Å². The quantitative estimate of drug-likeness (QED) is 0.592. The van der Waals surface area contributed by atoms with Crippen molar-refractivity contribution < 1.29 is 5.11 Å². The van der Waals surface area contributed by atoms with Gasteiger partial charge >= 0.3 is 0 Å². The molecule has 4 aliphatic rings. The average molecular weight is 365 g/mol. The third kappa shape index (κ3) is 2.84. The Morgan fingerprint density at radius 2 is 1.68 bits per heavy atom. The highest BCUT2D eigenvalue weighted by Gasteiger charge is 2.60. The van der Waals surface area contributed by atoms with Crippen LogP contribution in [0.3, 0.4) is 0 Å². The first-order valence-corrected chi connectivity index (χ1v) is 11.8. The van der Waals surface area contributed by atoms with Gasteiger partial charge < -0.3 is 5.11 Å². The van der Waals surface area contributed by atoms with E-state index in [1.54, 1.807) is 0 Å². The van der Waals surface area contributed by atoms with E-state index >= 15 is 0 Å². The summed E-state index contributed by atoms with van der Waals surface area (Å²) in [6, 6.07) is 0. The van der Waals surface area contributed by atoms with Gasteiger partial charge in [0.25, 0.3) is 0 Å². The number of aliphatic hydroxyl groups excluding tert-OH is 1. The van der Waals surface area contributed by atoms with E-state index < -0.39 is 0 Å². The highest BCUT2D eigenvalue weighted by Crippen LogP contribution is 2.68. The molecule has 0 aromatic carbocycles. The van der Waals surface area contributed by atoms with Gasteiger partial charge in [-0.05, 0) is 116 Å². The molecule has 0 aliphatic heterocycles. The van der Waals surface area contributed by atoms with E-state index in [0.29, 0.717) is 10.8 Å². The molecule has 9 atom stereocenters. The van der Waals surface area contributed by atoms with Gasteiger partial charge in [0.2, 0.25) is 0 Å². The minimum Gasteiger partial charge on any atom is -0.393 e. The van der Waals surface area contributed by atoms with E-state index in [2.05, 4.69) is 33.4 Å². The van der Waals surface area contributed by atoms with Crippen LogP contribution in [0.15, 0.2) is 0 Å². The van der Waals surface area contributed by atoms with Crippen molar-refractivity contribution in [3.63, 3.8) is 0 Å². The molecule has 4 aliphatic carbocycles. The molecule has 0 radical (unpaired) electrons. The summed E-state index contributed by atoms with van der Waals surface area (Å²) in [5.74, 6) is 6.52. The highest BCUT2D eigenvalue weighted by atomic mass is 32.1. The topological polar surface area (TPSA) is 20.2 Å². The average Bonchev–Trinajstić information content (AvgIpc) is 2.93. The summed E-state index contributed by atoms with van der Waals surface area (Å²) >= 11 is 4.52. The van der Waals surface area contributed by atoms with E-state index in [0.717, 1.165) is 54.1 Å². The van der Waals surface area contributed by atoms with Crippen LogP contribution in [0.4, 0.5) is 0 Å². The summed E-state index contributed by atoms with van der Waals surface area (Å²) in [6.45, 7) is 7.78. The van der Waals surface area contributed by atoms with Crippen LogP contribution in [-0.2, 0) is 0 Å². The number of fused-ring (bicyclic) bond motifs is 5. The van der Waals surface area contributed by atoms with Crippen molar-refractivity contribution in [2.75, 3.05) is 5.75 Å². The Kier molecular flexibility index (Phi) is 5.02. The van der Waals surface area contributed by atoms with Crippen molar-refractivity contribution in [1.29, 1.82) is 0 Å². The Morgan fingerprint density at radius 1 is 0.960 bits per heavy atom. The molecular formula is C23H40OS. The Labute approximate surface area is 161 Å². The van der Waals surface area contributed by atoms with Gasteiger partial charge in [0.15, 0.2) is 0 Å². The Hall–Kier alpha value is 0.310. The molecule has 0 spiro atoms. The molecule has 0 saturated heterocycles. The molecule has 0 bridgehead atoms. The summed E-state index contributed by atoms with van der Waals surface area (Å²) in [5, 5.41) is 10.2. The maximum atomic E-state index is 10.2. The van der Waals surface area contributed by atoms with E-state index in [9.17, 15) is 5.11 Å². The van der Waals surface area contributed by atoms with E-state index in [4.69, 9.17) is 0 Å². The van der Waals surface area contributed by atoms with Gasteiger partial charge in [0, 0.05) is 0 Å². The van der Waals surface area contributed by atoms with Crippen molar-refractivity contribution in [2.45, 2.75) is 91.1 Å². The molecule has 0 aromatic rings. The van der Waals surface area contributed by atoms with Gasteiger partial charge in [-0.2, -0.15) is 12.6 Å². The summed E-state index contributed by atoms with van der Waals surface area (Å²) in [7, 11) is 0. The van der Waals surface area contributed by atoms with Gasteiger partial charge in [0.1, 0.15) is 0 Å². The third-order valence-electron chi connectivity index (χ3n) is 9.98. The Balaban J connectivity index is 1.56. The number of rotatable bonds is 3. The molecule has 1 nitrogen and oxygen atoms in total. The van der Waals surface area contributed by atoms with E-state index in [1.807, 2.05) is 0 Å². The highest BCUT2D eigenvalue weighted by molar-refractivity contribution is 7.80. The monoisotopic (exact) mass is 364 g/mol. The summed E-state index contributed by atoms with van der Waals surface area (Å²) < 4.78 is 0. The lowest BCUT2D eigenvalue weighted by Gasteiger charge is -2.61. The minimum absolute atomic E-state index is 0.0126. The first-order valence-electron chi connectivity index (χ1n) is 11.2. The number of thiol groups is 1. The summed E-state index contributed by atoms with van der Waals surface area (Å²) in [5.41, 5.74) is 1.12. The molecule has 4 saturated carbocycles. The lowest BCUT2D eigenvalue weighted by molar-refractivity contribution is -0.129. The standard InChI is InChI=1S/C23H40OS/c1-15(10-13-25)19-6-7-20-18-5-4-16-14-17(24)8-11-22(16,2)21(18)9-12-23(19,20)3/h15-21,24-25H,4-14H2,1-3H3/t15-,16-,17-,18+,19-,20+,21+,22+,23-/m1/s1. The molecule has 144 valence electrons. The largest absolute Gasteiger partial charge is 0.393 e. The summed E-state index contributed by atoms with van der Waals surface area (Å²) in [6.07, 6.45) is 13.4. The van der Waals surface area contributed by atoms with Crippen LogP contribution in [0.5, 0.6) is 0 Å². The van der Waals surface area contributed by atoms with Gasteiger partial charge in [-0.25, -0.2) is 0 Å². The molecule has 4 rings (SSSR count). The SMILES string of the molecule is C[C@H](CCS)[C@H]1CC[C@H]2[C@@H]3CC[C@@H]4C[C@H](O)CC[C@]4(C)[C@H]3CC[C@]12C. The predicted octanol–water partition coefficient (Wildman–Crippen LogP) is 5.96. The maximum Gasteiger partial charge on any atom is 0.0543 e. The van der Waals surface area contributed by atoms with E-state index in [1.165, 1.54) is 51.4 Å². The Bertz CT molecular complexity index is 492. The smallest absolute Gasteiger partial charge is 0.0543 e. The van der Waals surface area contributed by atoms with Crippen molar-refractivity contribution >= 4 is 12.6 Å². The van der Waals surface area contributed by atoms with Gasteiger partial charge in [-0.1, -0.05) is 20.8 Å². The first kappa shape index (κ1) is 18.7. The zero-order chi connectivity index (χ0) is 17.8. The molecule has 1 N–H and O–H groups in total. The fourth-order valence-corrected chi connectivity index (χ4v) is 9.02. The molecule has 0 heterocycles. The van der Waals surface area contributed by atoms with Gasteiger partial charge in [-0.15, -0.1) is 0 Å². The van der Waals surface area contributed by atoms with Gasteiger partial charge in [-0.3, -0.25) is 0 Å². The van der Waals surface area contributed by atoms with E-state index in [-0.39, 0.29) is 6.10 Å². The van der Waals surface area contributed by atoms with Crippen LogP contribution in [0.1, 0.15) is 85.0 Å². The molecule has 0 aromatic heterocycles. The normalized spacial score (nSPS) is 53.6. The maximum absolute atomic E-state index is 10.2. The number of hydrogen-bond donors (Lipinski definition) is 2. The zero-order valence-electron chi connectivity index (χ0n) is 16.7. The lowest BCUT2D eigenvalue weighted by atomic mass is 9.44. The second kappa shape index (κ2) is 6.73. The summed E-state index contributed by atoms with van der Waals surface area (Å²) in [4.78, 5) is 0. The first-order chi connectivity index (χ1) is 11.9. The van der Waals surface area contributed by atoms with Crippen LogP contribution in [0, 0.1) is 46.3 Å². The number of aliphatic hydroxyl groups is 1. The fraction of sp³-hybridized carbons (Fsp3) is 1.00. The molecule has 25 heavy (non-hydrogen) atoms. The predicted molar refractivity (Wildman–Crippen MR) is 109 cm³/mol. The molecule has 2 heteroatoms. The fourth-order valence-electron chi connectivity index (χ4n) is 8.62.